The molecule has 1 atom stereocenters. The highest BCUT2D eigenvalue weighted by Gasteiger charge is 2.42. The van der Waals surface area contributed by atoms with E-state index in [1.54, 1.807) is 23.1 Å². The van der Waals surface area contributed by atoms with Crippen LogP contribution in [-0.4, -0.2) is 49.4 Å². The monoisotopic (exact) mass is 377 g/mol. The Morgan fingerprint density at radius 2 is 1.83 bits per heavy atom. The number of benzene rings is 1. The molecular weight excluding hydrogens is 361 g/mol. The molecule has 126 valence electrons. The predicted molar refractivity (Wildman–Crippen MR) is 88.9 cm³/mol. The van der Waals surface area contributed by atoms with Gasteiger partial charge in [-0.15, -0.1) is 0 Å². The van der Waals surface area contributed by atoms with Gasteiger partial charge in [0.1, 0.15) is 0 Å². The first-order valence-corrected chi connectivity index (χ1v) is 10.0. The Morgan fingerprint density at radius 3 is 2.35 bits per heavy atom. The minimum atomic E-state index is -3.04. The molecule has 0 bridgehead atoms. The van der Waals surface area contributed by atoms with E-state index in [4.69, 9.17) is 27.9 Å². The average molecular weight is 378 g/mol. The summed E-state index contributed by atoms with van der Waals surface area (Å²) in [6, 6.07) is 4.85. The molecular formula is C15H17Cl2NO4S. The lowest BCUT2D eigenvalue weighted by molar-refractivity contribution is -0.135. The van der Waals surface area contributed by atoms with Crippen LogP contribution >= 0.6 is 23.2 Å². The second-order valence-corrected chi connectivity index (χ2v) is 8.97. The van der Waals surface area contributed by atoms with Crippen LogP contribution in [0.1, 0.15) is 19.3 Å². The summed E-state index contributed by atoms with van der Waals surface area (Å²) in [5, 5.41) is 0.679. The fourth-order valence-electron chi connectivity index (χ4n) is 2.88. The van der Waals surface area contributed by atoms with Crippen LogP contribution in [0, 0.1) is 0 Å². The third kappa shape index (κ3) is 3.92. The maximum atomic E-state index is 12.5. The molecule has 2 aliphatic rings. The standard InChI is InChI=1S/C15H17Cl2NO4S/c16-12-2-1-3-13(17)15(12)22-8-14(19)18(10-4-5-10)11-6-7-23(20,21)9-11/h1-3,10-11H,4-9H2/t11-/m1/s1. The van der Waals surface area contributed by atoms with Gasteiger partial charge in [-0.3, -0.25) is 4.79 Å². The van der Waals surface area contributed by atoms with E-state index in [9.17, 15) is 13.2 Å². The molecule has 8 heteroatoms. The minimum Gasteiger partial charge on any atom is -0.481 e. The van der Waals surface area contributed by atoms with Crippen molar-refractivity contribution < 1.29 is 17.9 Å². The van der Waals surface area contributed by atoms with Crippen molar-refractivity contribution in [3.63, 3.8) is 0 Å². The molecule has 0 aromatic heterocycles. The molecule has 0 N–H and O–H groups in total. The maximum absolute atomic E-state index is 12.5. The van der Waals surface area contributed by atoms with E-state index in [-0.39, 0.29) is 41.9 Å². The molecule has 1 saturated heterocycles. The van der Waals surface area contributed by atoms with Crippen LogP contribution in [0.4, 0.5) is 0 Å². The number of ether oxygens (including phenoxy) is 1. The number of hydrogen-bond donors (Lipinski definition) is 0. The van der Waals surface area contributed by atoms with Gasteiger partial charge in [0, 0.05) is 12.1 Å². The van der Waals surface area contributed by atoms with Gasteiger partial charge in [-0.2, -0.15) is 0 Å². The van der Waals surface area contributed by atoms with Crippen LogP contribution in [-0.2, 0) is 14.6 Å². The van der Waals surface area contributed by atoms with E-state index in [0.29, 0.717) is 16.5 Å². The van der Waals surface area contributed by atoms with Crippen molar-refractivity contribution in [2.45, 2.75) is 31.3 Å². The molecule has 1 aliphatic carbocycles. The quantitative estimate of drug-likeness (QED) is 0.790. The number of amides is 1. The first-order chi connectivity index (χ1) is 10.9. The van der Waals surface area contributed by atoms with Crippen LogP contribution in [0.3, 0.4) is 0 Å². The molecule has 1 aromatic carbocycles. The largest absolute Gasteiger partial charge is 0.481 e. The lowest BCUT2D eigenvalue weighted by atomic mass is 10.2. The van der Waals surface area contributed by atoms with Gasteiger partial charge in [0.2, 0.25) is 0 Å². The molecule has 1 heterocycles. The summed E-state index contributed by atoms with van der Waals surface area (Å²) in [6.45, 7) is -0.198. The Morgan fingerprint density at radius 1 is 1.17 bits per heavy atom. The highest BCUT2D eigenvalue weighted by molar-refractivity contribution is 7.91. The zero-order valence-corrected chi connectivity index (χ0v) is 14.7. The van der Waals surface area contributed by atoms with Crippen molar-refractivity contribution in [2.75, 3.05) is 18.1 Å². The summed E-state index contributed by atoms with van der Waals surface area (Å²) in [5.41, 5.74) is 0. The third-order valence-corrected chi connectivity index (χ3v) is 6.43. The predicted octanol–water partition coefficient (Wildman–Crippen LogP) is 2.55. The Bertz CT molecular complexity index is 698. The highest BCUT2D eigenvalue weighted by atomic mass is 35.5. The fraction of sp³-hybridized carbons (Fsp3) is 0.533. The third-order valence-electron chi connectivity index (χ3n) is 4.09. The molecule has 1 aliphatic heterocycles. The van der Waals surface area contributed by atoms with Crippen molar-refractivity contribution in [3.05, 3.63) is 28.2 Å². The van der Waals surface area contributed by atoms with Gasteiger partial charge < -0.3 is 9.64 Å². The Hall–Kier alpha value is -0.980. The molecule has 0 spiro atoms. The van der Waals surface area contributed by atoms with E-state index >= 15 is 0 Å². The molecule has 2 fully saturated rings. The van der Waals surface area contributed by atoms with Crippen LogP contribution < -0.4 is 4.74 Å². The summed E-state index contributed by atoms with van der Waals surface area (Å²) in [4.78, 5) is 14.2. The molecule has 1 amide bonds. The van der Waals surface area contributed by atoms with E-state index in [0.717, 1.165) is 12.8 Å². The SMILES string of the molecule is O=C(COc1c(Cl)cccc1Cl)N(C1CC1)[C@@H]1CCS(=O)(=O)C1. The van der Waals surface area contributed by atoms with Crippen LogP contribution in [0.15, 0.2) is 18.2 Å². The van der Waals surface area contributed by atoms with Gasteiger partial charge in [0.05, 0.1) is 21.6 Å². The maximum Gasteiger partial charge on any atom is 0.261 e. The summed E-state index contributed by atoms with van der Waals surface area (Å²) in [7, 11) is -3.04. The summed E-state index contributed by atoms with van der Waals surface area (Å²) in [6.07, 6.45) is 2.32. The molecule has 0 unspecified atom stereocenters. The number of carbonyl (C=O) groups is 1. The minimum absolute atomic E-state index is 0.0437. The number of nitrogens with zero attached hydrogens (tertiary/aromatic N) is 1. The second kappa shape index (κ2) is 6.49. The van der Waals surface area contributed by atoms with Crippen LogP contribution in [0.2, 0.25) is 10.0 Å². The second-order valence-electron chi connectivity index (χ2n) is 5.93. The number of halogens is 2. The lowest BCUT2D eigenvalue weighted by Crippen LogP contribution is -2.45. The van der Waals surface area contributed by atoms with Gasteiger partial charge in [0.25, 0.3) is 5.91 Å². The van der Waals surface area contributed by atoms with Gasteiger partial charge in [-0.25, -0.2) is 8.42 Å². The topological polar surface area (TPSA) is 63.7 Å². The number of sulfone groups is 1. The Labute approximate surface area is 145 Å². The smallest absolute Gasteiger partial charge is 0.261 e. The number of carbonyl (C=O) groups excluding carboxylic acids is 1. The Kier molecular flexibility index (Phi) is 4.76. The van der Waals surface area contributed by atoms with E-state index in [1.165, 1.54) is 0 Å². The van der Waals surface area contributed by atoms with Crippen molar-refractivity contribution in [1.82, 2.24) is 4.90 Å². The fourth-order valence-corrected chi connectivity index (χ4v) is 5.10. The number of para-hydroxylation sites is 1. The van der Waals surface area contributed by atoms with Crippen molar-refractivity contribution >= 4 is 38.9 Å². The summed E-state index contributed by atoms with van der Waals surface area (Å²) < 4.78 is 28.8. The number of rotatable bonds is 5. The molecule has 0 radical (unpaired) electrons. The first-order valence-electron chi connectivity index (χ1n) is 7.46. The summed E-state index contributed by atoms with van der Waals surface area (Å²) >= 11 is 12.0. The highest BCUT2D eigenvalue weighted by Crippen LogP contribution is 2.34. The van der Waals surface area contributed by atoms with Gasteiger partial charge in [-0.1, -0.05) is 29.3 Å². The zero-order valence-electron chi connectivity index (χ0n) is 12.4. The van der Waals surface area contributed by atoms with Crippen LogP contribution in [0.5, 0.6) is 5.75 Å². The molecule has 23 heavy (non-hydrogen) atoms. The van der Waals surface area contributed by atoms with Crippen molar-refractivity contribution in [2.24, 2.45) is 0 Å². The van der Waals surface area contributed by atoms with E-state index < -0.39 is 9.84 Å². The van der Waals surface area contributed by atoms with Gasteiger partial charge >= 0.3 is 0 Å². The van der Waals surface area contributed by atoms with Crippen molar-refractivity contribution in [1.29, 1.82) is 0 Å². The normalized spacial score (nSPS) is 22.8. The molecule has 3 rings (SSSR count). The van der Waals surface area contributed by atoms with E-state index in [1.807, 2.05) is 0 Å². The van der Waals surface area contributed by atoms with Gasteiger partial charge in [-0.05, 0) is 31.4 Å². The lowest BCUT2D eigenvalue weighted by Gasteiger charge is -2.28. The summed E-state index contributed by atoms with van der Waals surface area (Å²) in [5.74, 6) is 0.248. The van der Waals surface area contributed by atoms with E-state index in [2.05, 4.69) is 0 Å². The first kappa shape index (κ1) is 16.9. The average Bonchev–Trinajstić information content (AvgIpc) is 3.23. The zero-order chi connectivity index (χ0) is 16.6. The Balaban J connectivity index is 1.68. The van der Waals surface area contributed by atoms with Crippen LogP contribution in [0.25, 0.3) is 0 Å². The molecule has 5 nitrogen and oxygen atoms in total. The van der Waals surface area contributed by atoms with Crippen molar-refractivity contribution in [3.8, 4) is 5.75 Å². The molecule has 1 saturated carbocycles. The van der Waals surface area contributed by atoms with Gasteiger partial charge in [0.15, 0.2) is 22.2 Å². The number of hydrogen-bond acceptors (Lipinski definition) is 4. The molecule has 1 aromatic rings.